The van der Waals surface area contributed by atoms with E-state index in [1.165, 1.54) is 12.0 Å². The molecular formula is C15H25N3O2S. The normalized spacial score (nSPS) is 17.0. The molecule has 6 heteroatoms. The van der Waals surface area contributed by atoms with Gasteiger partial charge < -0.3 is 5.32 Å². The Kier molecular flexibility index (Phi) is 6.17. The van der Waals surface area contributed by atoms with Crippen LogP contribution in [0.4, 0.5) is 0 Å². The van der Waals surface area contributed by atoms with Gasteiger partial charge in [-0.05, 0) is 30.5 Å². The predicted octanol–water partition coefficient (Wildman–Crippen LogP) is 1.62. The largest absolute Gasteiger partial charge is 0.313 e. The minimum absolute atomic E-state index is 0.0327. The summed E-state index contributed by atoms with van der Waals surface area (Å²) >= 11 is 0. The molecule has 1 heterocycles. The molecule has 0 aliphatic carbocycles. The first-order chi connectivity index (χ1) is 10.1. The second-order valence-corrected chi connectivity index (χ2v) is 7.20. The molecule has 1 aliphatic rings. The number of hydrazine groups is 1. The van der Waals surface area contributed by atoms with E-state index in [0.29, 0.717) is 0 Å². The van der Waals surface area contributed by atoms with Gasteiger partial charge in [0.05, 0.1) is 5.75 Å². The first-order valence-electron chi connectivity index (χ1n) is 7.62. The van der Waals surface area contributed by atoms with E-state index in [4.69, 9.17) is 0 Å². The van der Waals surface area contributed by atoms with Crippen molar-refractivity contribution in [1.29, 1.82) is 0 Å². The number of nitrogens with zero attached hydrogens (tertiary/aromatic N) is 1. The highest BCUT2D eigenvalue weighted by atomic mass is 32.2. The van der Waals surface area contributed by atoms with E-state index in [2.05, 4.69) is 17.1 Å². The van der Waals surface area contributed by atoms with Gasteiger partial charge in [-0.2, -0.15) is 0 Å². The summed E-state index contributed by atoms with van der Waals surface area (Å²) in [6.07, 6.45) is 3.30. The third-order valence-corrected chi connectivity index (χ3v) is 4.83. The lowest BCUT2D eigenvalue weighted by atomic mass is 10.1. The average Bonchev–Trinajstić information content (AvgIpc) is 2.47. The van der Waals surface area contributed by atoms with E-state index in [9.17, 15) is 8.42 Å². The molecule has 1 fully saturated rings. The fourth-order valence-electron chi connectivity index (χ4n) is 2.46. The van der Waals surface area contributed by atoms with Crippen LogP contribution >= 0.6 is 0 Å². The van der Waals surface area contributed by atoms with E-state index in [-0.39, 0.29) is 5.75 Å². The highest BCUT2D eigenvalue weighted by Crippen LogP contribution is 2.10. The third-order valence-electron chi connectivity index (χ3n) is 3.58. The number of rotatable bonds is 7. The summed E-state index contributed by atoms with van der Waals surface area (Å²) in [7, 11) is -3.30. The van der Waals surface area contributed by atoms with Gasteiger partial charge in [0, 0.05) is 19.6 Å². The van der Waals surface area contributed by atoms with Crippen molar-refractivity contribution < 1.29 is 8.42 Å². The summed E-state index contributed by atoms with van der Waals surface area (Å²) in [5.74, 6) is 0.0327. The smallest absolute Gasteiger partial charge is 0.228 e. The Hall–Kier alpha value is -0.950. The summed E-state index contributed by atoms with van der Waals surface area (Å²) in [5, 5.41) is 5.07. The highest BCUT2D eigenvalue weighted by molar-refractivity contribution is 7.88. The second-order valence-electron chi connectivity index (χ2n) is 5.49. The van der Waals surface area contributed by atoms with Crippen LogP contribution in [0.25, 0.3) is 0 Å². The maximum absolute atomic E-state index is 12.2. The van der Waals surface area contributed by atoms with Gasteiger partial charge in [0.1, 0.15) is 0 Å². The van der Waals surface area contributed by atoms with Gasteiger partial charge in [-0.25, -0.2) is 13.4 Å². The minimum Gasteiger partial charge on any atom is -0.313 e. The second kappa shape index (κ2) is 7.89. The lowest BCUT2D eigenvalue weighted by Gasteiger charge is -2.26. The van der Waals surface area contributed by atoms with Gasteiger partial charge >= 0.3 is 0 Å². The Morgan fingerprint density at radius 1 is 1.05 bits per heavy atom. The van der Waals surface area contributed by atoms with Crippen LogP contribution in [-0.4, -0.2) is 33.1 Å². The standard InChI is InChI=1S/C15H25N3O2S/c1-2-16-12-14-6-8-15(9-7-14)13-21(19,20)17-18-10-4-3-5-11-18/h6-9,16-17H,2-5,10-13H2,1H3. The van der Waals surface area contributed by atoms with Crippen LogP contribution in [0.5, 0.6) is 0 Å². The molecule has 1 aromatic carbocycles. The van der Waals surface area contributed by atoms with Crippen molar-refractivity contribution in [3.05, 3.63) is 35.4 Å². The molecule has 0 amide bonds. The van der Waals surface area contributed by atoms with Crippen molar-refractivity contribution in [2.45, 2.75) is 38.5 Å². The number of piperidine rings is 1. The number of benzene rings is 1. The molecular weight excluding hydrogens is 286 g/mol. The maximum Gasteiger partial charge on any atom is 0.228 e. The lowest BCUT2D eigenvalue weighted by molar-refractivity contribution is 0.200. The summed E-state index contributed by atoms with van der Waals surface area (Å²) in [5.41, 5.74) is 1.99. The molecule has 0 atom stereocenters. The van der Waals surface area contributed by atoms with Crippen LogP contribution in [0, 0.1) is 0 Å². The fraction of sp³-hybridized carbons (Fsp3) is 0.600. The molecule has 21 heavy (non-hydrogen) atoms. The van der Waals surface area contributed by atoms with Crippen LogP contribution in [-0.2, 0) is 22.3 Å². The van der Waals surface area contributed by atoms with E-state index >= 15 is 0 Å². The SMILES string of the molecule is CCNCc1ccc(CS(=O)(=O)NN2CCCCC2)cc1. The zero-order valence-corrected chi connectivity index (χ0v) is 13.5. The Morgan fingerprint density at radius 2 is 1.67 bits per heavy atom. The molecule has 0 radical (unpaired) electrons. The highest BCUT2D eigenvalue weighted by Gasteiger charge is 2.18. The average molecular weight is 311 g/mol. The summed E-state index contributed by atoms with van der Waals surface area (Å²) < 4.78 is 24.3. The Bertz CT molecular complexity index is 522. The van der Waals surface area contributed by atoms with Gasteiger partial charge in [-0.15, -0.1) is 4.83 Å². The lowest BCUT2D eigenvalue weighted by Crippen LogP contribution is -2.45. The molecule has 0 aromatic heterocycles. The summed E-state index contributed by atoms with van der Waals surface area (Å²) in [6, 6.07) is 7.74. The zero-order valence-electron chi connectivity index (χ0n) is 12.6. The molecule has 0 spiro atoms. The van der Waals surface area contributed by atoms with Gasteiger partial charge in [-0.3, -0.25) is 0 Å². The number of nitrogens with one attached hydrogen (secondary N) is 2. The molecule has 0 bridgehead atoms. The van der Waals surface area contributed by atoms with Crippen LogP contribution in [0.3, 0.4) is 0 Å². The quantitative estimate of drug-likeness (QED) is 0.803. The molecule has 1 aromatic rings. The van der Waals surface area contributed by atoms with E-state index in [0.717, 1.165) is 44.6 Å². The number of hydrogen-bond acceptors (Lipinski definition) is 4. The van der Waals surface area contributed by atoms with Crippen molar-refractivity contribution in [3.63, 3.8) is 0 Å². The predicted molar refractivity (Wildman–Crippen MR) is 85.0 cm³/mol. The van der Waals surface area contributed by atoms with Crippen LogP contribution in [0.2, 0.25) is 0 Å². The van der Waals surface area contributed by atoms with Crippen LogP contribution < -0.4 is 10.1 Å². The number of sulfonamides is 1. The zero-order chi connectivity index (χ0) is 15.1. The van der Waals surface area contributed by atoms with E-state index in [1.807, 2.05) is 29.3 Å². The molecule has 118 valence electrons. The van der Waals surface area contributed by atoms with Crippen molar-refractivity contribution in [2.24, 2.45) is 0 Å². The molecule has 1 saturated heterocycles. The first-order valence-corrected chi connectivity index (χ1v) is 9.28. The van der Waals surface area contributed by atoms with Crippen molar-refractivity contribution in [2.75, 3.05) is 19.6 Å². The molecule has 5 nitrogen and oxygen atoms in total. The Morgan fingerprint density at radius 3 is 2.29 bits per heavy atom. The topological polar surface area (TPSA) is 61.4 Å². The van der Waals surface area contributed by atoms with Gasteiger partial charge in [0.2, 0.25) is 10.0 Å². The number of hydrogen-bond donors (Lipinski definition) is 2. The Balaban J connectivity index is 1.89. The van der Waals surface area contributed by atoms with Crippen LogP contribution in [0.1, 0.15) is 37.3 Å². The molecule has 0 saturated carbocycles. The van der Waals surface area contributed by atoms with Gasteiger partial charge in [-0.1, -0.05) is 37.6 Å². The minimum atomic E-state index is -3.30. The van der Waals surface area contributed by atoms with E-state index < -0.39 is 10.0 Å². The monoisotopic (exact) mass is 311 g/mol. The van der Waals surface area contributed by atoms with Crippen LogP contribution in [0.15, 0.2) is 24.3 Å². The molecule has 2 N–H and O–H groups in total. The van der Waals surface area contributed by atoms with Gasteiger partial charge in [0.25, 0.3) is 0 Å². The van der Waals surface area contributed by atoms with E-state index in [1.54, 1.807) is 0 Å². The molecule has 1 aliphatic heterocycles. The van der Waals surface area contributed by atoms with Gasteiger partial charge in [0.15, 0.2) is 0 Å². The molecule has 2 rings (SSSR count). The summed E-state index contributed by atoms with van der Waals surface area (Å²) in [4.78, 5) is 2.69. The maximum atomic E-state index is 12.2. The van der Waals surface area contributed by atoms with Crippen molar-refractivity contribution in [1.82, 2.24) is 15.2 Å². The Labute approximate surface area is 127 Å². The van der Waals surface area contributed by atoms with Crippen molar-refractivity contribution in [3.8, 4) is 0 Å². The fourth-order valence-corrected chi connectivity index (χ4v) is 3.73. The first kappa shape index (κ1) is 16.4. The van der Waals surface area contributed by atoms with Crippen molar-refractivity contribution >= 4 is 10.0 Å². The third kappa shape index (κ3) is 5.74. The molecule has 0 unspecified atom stereocenters. The summed E-state index contributed by atoms with van der Waals surface area (Å²) in [6.45, 7) is 5.42.